The summed E-state index contributed by atoms with van der Waals surface area (Å²) in [5.74, 6) is -0.652. The summed E-state index contributed by atoms with van der Waals surface area (Å²) in [4.78, 5) is 25.7. The molecule has 1 unspecified atom stereocenters. The molecule has 1 aliphatic carbocycles. The number of carbonyl (C=O) groups excluding carboxylic acids is 2. The molecule has 0 heterocycles. The first kappa shape index (κ1) is 18.5. The van der Waals surface area contributed by atoms with Gasteiger partial charge in [-0.25, -0.2) is 4.39 Å². The third-order valence-electron chi connectivity index (χ3n) is 3.90. The molecule has 2 aromatic carbocycles. The van der Waals surface area contributed by atoms with Crippen LogP contribution in [0.3, 0.4) is 0 Å². The second-order valence-corrected chi connectivity index (χ2v) is 7.28. The molecule has 1 aliphatic rings. The molecule has 0 saturated heterocycles. The van der Waals surface area contributed by atoms with E-state index in [0.29, 0.717) is 11.3 Å². The number of ether oxygens (including phenoxy) is 1. The second kappa shape index (κ2) is 8.85. The Balaban J connectivity index is 1.57. The molecular formula is C20H20FNO3S. The van der Waals surface area contributed by atoms with Gasteiger partial charge in [0.1, 0.15) is 5.82 Å². The van der Waals surface area contributed by atoms with Crippen molar-refractivity contribution in [1.29, 1.82) is 0 Å². The maximum absolute atomic E-state index is 13.2. The van der Waals surface area contributed by atoms with Gasteiger partial charge in [0, 0.05) is 22.3 Å². The zero-order valence-corrected chi connectivity index (χ0v) is 15.0. The summed E-state index contributed by atoms with van der Waals surface area (Å²) in [6.45, 7) is 0. The predicted molar refractivity (Wildman–Crippen MR) is 98.2 cm³/mol. The van der Waals surface area contributed by atoms with Gasteiger partial charge in [0.25, 0.3) is 5.91 Å². The van der Waals surface area contributed by atoms with Crippen LogP contribution >= 0.6 is 11.8 Å². The molecule has 1 atom stereocenters. The summed E-state index contributed by atoms with van der Waals surface area (Å²) in [7, 11) is 0. The topological polar surface area (TPSA) is 55.4 Å². The Morgan fingerprint density at radius 1 is 1.12 bits per heavy atom. The normalized spacial score (nSPS) is 14.5. The summed E-state index contributed by atoms with van der Waals surface area (Å²) in [6, 6.07) is 15.4. The number of amides is 1. The lowest BCUT2D eigenvalue weighted by Crippen LogP contribution is -2.33. The van der Waals surface area contributed by atoms with Gasteiger partial charge in [-0.2, -0.15) is 0 Å². The summed E-state index contributed by atoms with van der Waals surface area (Å²) in [6.07, 6.45) is 1.01. The highest BCUT2D eigenvalue weighted by molar-refractivity contribution is 7.99. The van der Waals surface area contributed by atoms with Crippen molar-refractivity contribution in [3.63, 3.8) is 0 Å². The zero-order chi connectivity index (χ0) is 18.4. The van der Waals surface area contributed by atoms with E-state index in [1.165, 1.54) is 24.3 Å². The zero-order valence-electron chi connectivity index (χ0n) is 14.2. The van der Waals surface area contributed by atoms with E-state index in [1.807, 2.05) is 30.3 Å². The van der Waals surface area contributed by atoms with Crippen molar-refractivity contribution in [2.75, 3.05) is 5.75 Å². The first-order valence-corrected chi connectivity index (χ1v) is 9.53. The molecule has 0 radical (unpaired) electrons. The summed E-state index contributed by atoms with van der Waals surface area (Å²) < 4.78 is 18.6. The highest BCUT2D eigenvalue weighted by Crippen LogP contribution is 2.24. The molecule has 3 rings (SSSR count). The van der Waals surface area contributed by atoms with Crippen molar-refractivity contribution in [2.24, 2.45) is 0 Å². The van der Waals surface area contributed by atoms with Crippen LogP contribution in [0.15, 0.2) is 59.5 Å². The van der Waals surface area contributed by atoms with Crippen molar-refractivity contribution < 1.29 is 18.7 Å². The molecule has 1 saturated carbocycles. The van der Waals surface area contributed by atoms with Crippen LogP contribution in [-0.2, 0) is 14.3 Å². The van der Waals surface area contributed by atoms with E-state index in [0.717, 1.165) is 17.7 Å². The second-order valence-electron chi connectivity index (χ2n) is 6.12. The number of hydrogen-bond acceptors (Lipinski definition) is 4. The molecule has 0 aromatic heterocycles. The summed E-state index contributed by atoms with van der Waals surface area (Å²) in [5.41, 5.74) is 0.466. The molecular weight excluding hydrogens is 353 g/mol. The maximum Gasteiger partial charge on any atom is 0.307 e. The lowest BCUT2D eigenvalue weighted by Gasteiger charge is -2.18. The molecule has 1 N–H and O–H groups in total. The average Bonchev–Trinajstić information content (AvgIpc) is 3.45. The monoisotopic (exact) mass is 373 g/mol. The first-order valence-electron chi connectivity index (χ1n) is 8.55. The van der Waals surface area contributed by atoms with Crippen LogP contribution in [0.25, 0.3) is 0 Å². The minimum absolute atomic E-state index is 0.151. The molecule has 4 nitrogen and oxygen atoms in total. The Morgan fingerprint density at radius 2 is 1.81 bits per heavy atom. The molecule has 0 bridgehead atoms. The van der Waals surface area contributed by atoms with Crippen LogP contribution in [0.4, 0.5) is 4.39 Å². The van der Waals surface area contributed by atoms with Gasteiger partial charge in [0.2, 0.25) is 6.10 Å². The fourth-order valence-corrected chi connectivity index (χ4v) is 3.23. The van der Waals surface area contributed by atoms with Crippen molar-refractivity contribution >= 4 is 23.6 Å². The number of nitrogens with one attached hydrogen (secondary N) is 1. The number of rotatable bonds is 8. The largest absolute Gasteiger partial charge is 0.447 e. The van der Waals surface area contributed by atoms with Crippen LogP contribution < -0.4 is 5.32 Å². The third kappa shape index (κ3) is 5.59. The number of thioether (sulfide) groups is 1. The van der Waals surface area contributed by atoms with Gasteiger partial charge in [-0.1, -0.05) is 30.3 Å². The molecule has 26 heavy (non-hydrogen) atoms. The Bertz CT molecular complexity index is 747. The highest BCUT2D eigenvalue weighted by Gasteiger charge is 2.30. The van der Waals surface area contributed by atoms with Gasteiger partial charge in [-0.3, -0.25) is 9.59 Å². The molecule has 6 heteroatoms. The number of benzene rings is 2. The fourth-order valence-electron chi connectivity index (χ4n) is 2.37. The lowest BCUT2D eigenvalue weighted by atomic mass is 10.1. The van der Waals surface area contributed by atoms with E-state index in [1.54, 1.807) is 11.8 Å². The van der Waals surface area contributed by atoms with E-state index in [4.69, 9.17) is 4.74 Å². The Hall–Kier alpha value is -2.34. The molecule has 136 valence electrons. The van der Waals surface area contributed by atoms with Crippen molar-refractivity contribution in [2.45, 2.75) is 36.3 Å². The first-order chi connectivity index (χ1) is 12.6. The van der Waals surface area contributed by atoms with Gasteiger partial charge in [-0.05, 0) is 37.1 Å². The van der Waals surface area contributed by atoms with Gasteiger partial charge in [0.15, 0.2) is 0 Å². The van der Waals surface area contributed by atoms with Crippen LogP contribution in [-0.4, -0.2) is 23.7 Å². The van der Waals surface area contributed by atoms with Crippen molar-refractivity contribution in [3.05, 3.63) is 66.0 Å². The smallest absolute Gasteiger partial charge is 0.307 e. The fraction of sp³-hybridized carbons (Fsp3) is 0.300. The highest BCUT2D eigenvalue weighted by atomic mass is 32.2. The predicted octanol–water partition coefficient (Wildman–Crippen LogP) is 3.87. The summed E-state index contributed by atoms with van der Waals surface area (Å²) >= 11 is 1.55. The molecule has 2 aromatic rings. The van der Waals surface area contributed by atoms with Crippen LogP contribution in [0.1, 0.15) is 30.9 Å². The third-order valence-corrected chi connectivity index (χ3v) is 4.92. The van der Waals surface area contributed by atoms with Crippen LogP contribution in [0.5, 0.6) is 0 Å². The number of hydrogen-bond donors (Lipinski definition) is 1. The number of halogens is 1. The maximum atomic E-state index is 13.2. The molecule has 1 amide bonds. The minimum Gasteiger partial charge on any atom is -0.447 e. The Kier molecular flexibility index (Phi) is 6.28. The Labute approximate surface area is 156 Å². The van der Waals surface area contributed by atoms with Gasteiger partial charge < -0.3 is 10.1 Å². The molecule has 0 aliphatic heterocycles. The average molecular weight is 373 g/mol. The molecule has 1 fully saturated rings. The van der Waals surface area contributed by atoms with E-state index in [9.17, 15) is 14.0 Å². The van der Waals surface area contributed by atoms with Gasteiger partial charge >= 0.3 is 5.97 Å². The Morgan fingerprint density at radius 3 is 2.46 bits per heavy atom. The van der Waals surface area contributed by atoms with Crippen LogP contribution in [0, 0.1) is 5.82 Å². The van der Waals surface area contributed by atoms with Crippen molar-refractivity contribution in [1.82, 2.24) is 5.32 Å². The standard InChI is InChI=1S/C20H20FNO3S/c21-15-8-6-14(7-9-15)19(20(24)22-16-10-11-16)25-18(23)12-13-26-17-4-2-1-3-5-17/h1-9,16,19H,10-13H2,(H,22,24). The van der Waals surface area contributed by atoms with Crippen molar-refractivity contribution in [3.8, 4) is 0 Å². The van der Waals surface area contributed by atoms with E-state index in [2.05, 4.69) is 5.32 Å². The molecule has 0 spiro atoms. The summed E-state index contributed by atoms with van der Waals surface area (Å²) in [5, 5.41) is 2.84. The minimum atomic E-state index is -1.05. The number of esters is 1. The van der Waals surface area contributed by atoms with E-state index in [-0.39, 0.29) is 18.4 Å². The quantitative estimate of drug-likeness (QED) is 0.564. The van der Waals surface area contributed by atoms with Gasteiger partial charge in [-0.15, -0.1) is 11.8 Å². The van der Waals surface area contributed by atoms with E-state index >= 15 is 0 Å². The van der Waals surface area contributed by atoms with E-state index < -0.39 is 17.9 Å². The number of carbonyl (C=O) groups is 2. The van der Waals surface area contributed by atoms with Crippen LogP contribution in [0.2, 0.25) is 0 Å². The lowest BCUT2D eigenvalue weighted by molar-refractivity contribution is -0.156. The van der Waals surface area contributed by atoms with Gasteiger partial charge in [0.05, 0.1) is 6.42 Å². The SMILES string of the molecule is O=C(CCSc1ccccc1)OC(C(=O)NC1CC1)c1ccc(F)cc1.